The SMILES string of the molecule is C=C1C(=O)N(c2cc(OC)c(OC)c(OC)c2)[C@H]1c1ccc(OC)c(O)c1.C=C1C(=O)N(c2cc(OC)c(OC)c(OC)c2)[C@H]1c1ccc(OC)c(OCC(N)=O)c1.CC(=O)CCl. The van der Waals surface area contributed by atoms with Crippen molar-refractivity contribution in [1.82, 2.24) is 0 Å². The minimum Gasteiger partial charge on any atom is -0.504 e. The minimum atomic E-state index is -0.616. The van der Waals surface area contributed by atoms with Gasteiger partial charge in [-0.05, 0) is 42.3 Å². The van der Waals surface area contributed by atoms with Crippen molar-refractivity contribution in [2.45, 2.75) is 19.0 Å². The molecule has 18 heteroatoms. The van der Waals surface area contributed by atoms with Gasteiger partial charge in [0, 0.05) is 35.4 Å². The summed E-state index contributed by atoms with van der Waals surface area (Å²) in [5.74, 6) is 2.76. The number of benzene rings is 4. The third kappa shape index (κ3) is 10.3. The first-order chi connectivity index (χ1) is 30.1. The van der Waals surface area contributed by atoms with Crippen molar-refractivity contribution in [3.63, 3.8) is 0 Å². The fourth-order valence-electron chi connectivity index (χ4n) is 6.61. The highest BCUT2D eigenvalue weighted by Gasteiger charge is 2.45. The molecule has 3 N–H and O–H groups in total. The maximum Gasteiger partial charge on any atom is 0.256 e. The monoisotopic (exact) mass is 891 g/mol. The number of Topliss-reactive ketones (excluding diaryl/α,β-unsaturated/α-hetero) is 1. The third-order valence-electron chi connectivity index (χ3n) is 9.60. The highest BCUT2D eigenvalue weighted by molar-refractivity contribution is 6.27. The Kier molecular flexibility index (Phi) is 16.5. The van der Waals surface area contributed by atoms with Gasteiger partial charge in [-0.1, -0.05) is 25.3 Å². The summed E-state index contributed by atoms with van der Waals surface area (Å²) in [7, 11) is 12.0. The van der Waals surface area contributed by atoms with E-state index < -0.39 is 18.0 Å². The third-order valence-corrected chi connectivity index (χ3v) is 9.98. The Labute approximate surface area is 370 Å². The molecular weight excluding hydrogens is 842 g/mol. The van der Waals surface area contributed by atoms with Crippen LogP contribution in [-0.4, -0.2) is 98.0 Å². The van der Waals surface area contributed by atoms with E-state index in [2.05, 4.69) is 13.2 Å². The first kappa shape index (κ1) is 48.4. The van der Waals surface area contributed by atoms with Crippen molar-refractivity contribution in [3.8, 4) is 57.5 Å². The highest BCUT2D eigenvalue weighted by atomic mass is 35.5. The van der Waals surface area contributed by atoms with Gasteiger partial charge < -0.3 is 53.5 Å². The zero-order chi connectivity index (χ0) is 46.7. The van der Waals surface area contributed by atoms with Crippen LogP contribution in [0.2, 0.25) is 0 Å². The number of β-lactam (4-membered cyclic amide) rings is 2. The lowest BCUT2D eigenvalue weighted by molar-refractivity contribution is -0.120. The van der Waals surface area contributed by atoms with Crippen molar-refractivity contribution < 1.29 is 66.9 Å². The fraction of sp³-hybridized carbons (Fsp3) is 0.289. The number of nitrogens with two attached hydrogens (primary N) is 1. The number of aromatic hydroxyl groups is 1. The van der Waals surface area contributed by atoms with E-state index in [0.29, 0.717) is 79.8 Å². The van der Waals surface area contributed by atoms with Gasteiger partial charge in [0.05, 0.1) is 86.2 Å². The topological polar surface area (TPSA) is 204 Å². The minimum absolute atomic E-state index is 0.00742. The summed E-state index contributed by atoms with van der Waals surface area (Å²) in [5, 5.41) is 10.1. The smallest absolute Gasteiger partial charge is 0.256 e. The summed E-state index contributed by atoms with van der Waals surface area (Å²) in [6.45, 7) is 8.94. The normalized spacial score (nSPS) is 15.0. The Morgan fingerprint density at radius 3 is 1.29 bits per heavy atom. The lowest BCUT2D eigenvalue weighted by Gasteiger charge is -2.42. The van der Waals surface area contributed by atoms with E-state index in [0.717, 1.165) is 5.56 Å². The number of alkyl halides is 1. The Bertz CT molecular complexity index is 2340. The van der Waals surface area contributed by atoms with E-state index in [1.165, 1.54) is 63.8 Å². The molecule has 3 amide bonds. The Hall–Kier alpha value is -7.27. The number of carbonyl (C=O) groups excluding carboxylic acids is 4. The van der Waals surface area contributed by atoms with Crippen LogP contribution in [0, 0.1) is 0 Å². The molecule has 0 radical (unpaired) electrons. The lowest BCUT2D eigenvalue weighted by Crippen LogP contribution is -2.48. The van der Waals surface area contributed by atoms with E-state index in [-0.39, 0.29) is 35.8 Å². The molecule has 2 aliphatic rings. The van der Waals surface area contributed by atoms with Gasteiger partial charge in [-0.2, -0.15) is 0 Å². The second-order valence-electron chi connectivity index (χ2n) is 13.4. The van der Waals surface area contributed by atoms with Crippen molar-refractivity contribution in [1.29, 1.82) is 0 Å². The first-order valence-corrected chi connectivity index (χ1v) is 19.3. The van der Waals surface area contributed by atoms with Gasteiger partial charge in [-0.15, -0.1) is 11.6 Å². The van der Waals surface area contributed by atoms with Crippen LogP contribution in [0.1, 0.15) is 30.1 Å². The number of nitrogens with zero attached hydrogens (tertiary/aromatic N) is 2. The molecule has 2 fully saturated rings. The van der Waals surface area contributed by atoms with Crippen LogP contribution in [0.4, 0.5) is 11.4 Å². The molecule has 0 aliphatic carbocycles. The summed E-state index contributed by atoms with van der Waals surface area (Å²) in [6, 6.07) is 16.1. The number of anilines is 2. The largest absolute Gasteiger partial charge is 0.504 e. The van der Waals surface area contributed by atoms with E-state index in [1.54, 1.807) is 70.5 Å². The molecule has 17 nitrogen and oxygen atoms in total. The average Bonchev–Trinajstić information content (AvgIpc) is 3.30. The number of hydrogen-bond acceptors (Lipinski definition) is 14. The summed E-state index contributed by atoms with van der Waals surface area (Å²) in [5.41, 5.74) is 8.56. The predicted molar refractivity (Wildman–Crippen MR) is 235 cm³/mol. The number of ether oxygens (including phenoxy) is 9. The van der Waals surface area contributed by atoms with Crippen LogP contribution in [0.15, 0.2) is 85.0 Å². The maximum atomic E-state index is 12.7. The van der Waals surface area contributed by atoms with Gasteiger partial charge in [-0.3, -0.25) is 29.0 Å². The molecule has 2 atom stereocenters. The molecule has 0 saturated carbocycles. The Morgan fingerprint density at radius 1 is 0.603 bits per heavy atom. The molecule has 0 unspecified atom stereocenters. The standard InChI is InChI=1S/C22H24N2O7.C20H21NO6.C3H5ClO/c1-12-20(13-6-7-15(27-2)16(8-13)31-11-19(23)25)24(22(12)26)14-9-17(28-3)21(30-5)18(10-14)29-4;1-11-18(12-6-7-15(24-2)14(22)8-12)21(20(11)23)13-9-16(25-3)19(27-5)17(10-13)26-4;1-3(5)2-4/h6-10,20H,1,11H2,2-5H3,(H2,23,25);6-10,18,22H,1H2,2-5H3;2H2,1H3/t20-;18-;/m11./s1. The predicted octanol–water partition coefficient (Wildman–Crippen LogP) is 6.11. The number of ketones is 1. The number of phenols is 1. The molecular formula is C45H50ClN3O14. The van der Waals surface area contributed by atoms with Crippen LogP contribution in [0.25, 0.3) is 0 Å². The van der Waals surface area contributed by atoms with Gasteiger partial charge in [0.2, 0.25) is 11.5 Å². The van der Waals surface area contributed by atoms with Crippen LogP contribution in [0.3, 0.4) is 0 Å². The van der Waals surface area contributed by atoms with E-state index in [9.17, 15) is 24.3 Å². The van der Waals surface area contributed by atoms with Crippen LogP contribution >= 0.6 is 11.6 Å². The number of methoxy groups -OCH3 is 8. The molecule has 2 saturated heterocycles. The average molecular weight is 892 g/mol. The number of phenolic OH excluding ortho intramolecular Hbond substituents is 1. The first-order valence-electron chi connectivity index (χ1n) is 18.8. The molecule has 0 aromatic heterocycles. The number of primary amides is 1. The zero-order valence-electron chi connectivity index (χ0n) is 36.4. The van der Waals surface area contributed by atoms with Gasteiger partial charge >= 0.3 is 0 Å². The van der Waals surface area contributed by atoms with Crippen LogP contribution < -0.4 is 58.2 Å². The second-order valence-corrected chi connectivity index (χ2v) is 13.7. The van der Waals surface area contributed by atoms with E-state index in [1.807, 2.05) is 0 Å². The zero-order valence-corrected chi connectivity index (χ0v) is 37.1. The molecule has 2 heterocycles. The maximum absolute atomic E-state index is 12.7. The van der Waals surface area contributed by atoms with E-state index >= 15 is 0 Å². The molecule has 2 aliphatic heterocycles. The number of amides is 3. The van der Waals surface area contributed by atoms with Gasteiger partial charge in [0.15, 0.2) is 52.6 Å². The second kappa shape index (κ2) is 21.5. The molecule has 4 aromatic rings. The Morgan fingerprint density at radius 2 is 0.968 bits per heavy atom. The number of carbonyl (C=O) groups is 4. The van der Waals surface area contributed by atoms with Gasteiger partial charge in [0.25, 0.3) is 17.7 Å². The van der Waals surface area contributed by atoms with E-state index in [4.69, 9.17) is 60.0 Å². The van der Waals surface area contributed by atoms with Crippen LogP contribution in [0.5, 0.6) is 57.5 Å². The Balaban J connectivity index is 0.000000252. The number of halogens is 1. The highest BCUT2D eigenvalue weighted by Crippen LogP contribution is 2.50. The lowest BCUT2D eigenvalue weighted by atomic mass is 9.88. The fourth-order valence-corrected chi connectivity index (χ4v) is 6.61. The van der Waals surface area contributed by atoms with Crippen molar-refractivity contribution in [3.05, 3.63) is 96.1 Å². The molecule has 4 aromatic carbocycles. The van der Waals surface area contributed by atoms with Gasteiger partial charge in [0.1, 0.15) is 5.78 Å². The summed E-state index contributed by atoms with van der Waals surface area (Å²) >= 11 is 4.99. The van der Waals surface area contributed by atoms with Crippen molar-refractivity contribution in [2.75, 3.05) is 79.2 Å². The molecule has 336 valence electrons. The molecule has 0 spiro atoms. The summed E-state index contributed by atoms with van der Waals surface area (Å²) in [4.78, 5) is 49.2. The van der Waals surface area contributed by atoms with Gasteiger partial charge in [-0.25, -0.2) is 0 Å². The van der Waals surface area contributed by atoms with Crippen molar-refractivity contribution >= 4 is 46.5 Å². The van der Waals surface area contributed by atoms with Crippen LogP contribution in [-0.2, 0) is 19.2 Å². The number of hydrogen-bond donors (Lipinski definition) is 2. The molecule has 6 rings (SSSR count). The summed E-state index contributed by atoms with van der Waals surface area (Å²) < 4.78 is 48.0. The molecule has 0 bridgehead atoms. The number of rotatable bonds is 16. The summed E-state index contributed by atoms with van der Waals surface area (Å²) in [6.07, 6.45) is 0. The molecule has 63 heavy (non-hydrogen) atoms. The quantitative estimate of drug-likeness (QED) is 0.0740. The van der Waals surface area contributed by atoms with Crippen molar-refractivity contribution in [2.24, 2.45) is 5.73 Å².